The molecule has 0 atom stereocenters. The van der Waals surface area contributed by atoms with Gasteiger partial charge in [-0.05, 0) is 42.2 Å². The lowest BCUT2D eigenvalue weighted by atomic mass is 10.1. The number of amides is 1. The average molecular weight is 409 g/mol. The van der Waals surface area contributed by atoms with Crippen molar-refractivity contribution in [3.63, 3.8) is 0 Å². The first kappa shape index (κ1) is 17.2. The molecule has 1 aromatic carbocycles. The van der Waals surface area contributed by atoms with Crippen LogP contribution >= 0.6 is 23.1 Å². The highest BCUT2D eigenvalue weighted by atomic mass is 35.5. The molecule has 0 spiro atoms. The average Bonchev–Trinajstić information content (AvgIpc) is 3.01. The minimum Gasteiger partial charge on any atom is -0.338 e. The first-order valence-corrected chi connectivity index (χ1v) is 10.4. The third-order valence-electron chi connectivity index (χ3n) is 4.10. The van der Waals surface area contributed by atoms with Gasteiger partial charge in [-0.3, -0.25) is 9.52 Å². The van der Waals surface area contributed by atoms with Crippen molar-refractivity contribution in [2.45, 2.75) is 11.4 Å². The number of rotatable bonds is 4. The van der Waals surface area contributed by atoms with Gasteiger partial charge in [-0.25, -0.2) is 4.98 Å². The number of fused-ring (bicyclic) bond motifs is 1. The van der Waals surface area contributed by atoms with Gasteiger partial charge in [0.25, 0.3) is 15.9 Å². The monoisotopic (exact) mass is 408 g/mol. The van der Waals surface area contributed by atoms with Crippen molar-refractivity contribution in [2.75, 3.05) is 17.8 Å². The van der Waals surface area contributed by atoms with Crippen LogP contribution in [0.1, 0.15) is 16.8 Å². The largest absolute Gasteiger partial charge is 0.338 e. The Hall–Kier alpha value is -2.23. The summed E-state index contributed by atoms with van der Waals surface area (Å²) in [5.74, 6) is -0.228. The topological polar surface area (TPSA) is 92.3 Å². The van der Waals surface area contributed by atoms with E-state index in [1.807, 2.05) is 0 Å². The number of carbonyl (C=O) groups is 1. The second kappa shape index (κ2) is 6.49. The first-order chi connectivity index (χ1) is 12.5. The van der Waals surface area contributed by atoms with Crippen LogP contribution in [0.25, 0.3) is 10.1 Å². The van der Waals surface area contributed by atoms with Crippen LogP contribution in [0.2, 0.25) is 5.02 Å². The minimum absolute atomic E-state index is 0.133. The number of anilines is 1. The Bertz CT molecular complexity index is 1110. The molecule has 1 aliphatic heterocycles. The Kier molecular flexibility index (Phi) is 4.29. The van der Waals surface area contributed by atoms with Gasteiger partial charge < -0.3 is 4.90 Å². The molecule has 26 heavy (non-hydrogen) atoms. The van der Waals surface area contributed by atoms with E-state index in [2.05, 4.69) is 14.1 Å². The number of hydrogen-bond acceptors (Lipinski definition) is 6. The molecule has 0 aliphatic carbocycles. The second-order valence-electron chi connectivity index (χ2n) is 5.79. The number of likely N-dealkylation sites (tertiary alicyclic amines) is 1. The maximum Gasteiger partial charge on any atom is 0.280 e. The molecule has 1 N–H and O–H groups in total. The summed E-state index contributed by atoms with van der Waals surface area (Å²) >= 11 is 7.20. The summed E-state index contributed by atoms with van der Waals surface area (Å²) in [6, 6.07) is 6.22. The van der Waals surface area contributed by atoms with Crippen LogP contribution in [-0.2, 0) is 10.0 Å². The summed E-state index contributed by atoms with van der Waals surface area (Å²) in [5, 5.41) is 0.625. The molecule has 0 bridgehead atoms. The predicted octanol–water partition coefficient (Wildman–Crippen LogP) is 2.99. The van der Waals surface area contributed by atoms with Crippen LogP contribution in [0.4, 0.5) is 5.69 Å². The van der Waals surface area contributed by atoms with Crippen LogP contribution in [0, 0.1) is 0 Å². The van der Waals surface area contributed by atoms with Gasteiger partial charge in [-0.1, -0.05) is 11.6 Å². The molecule has 2 aromatic heterocycles. The standard InChI is InChI=1S/C16H13ClN4O3S2/c17-10-2-3-11(16(22)21-6-1-7-21)13(8-10)20-26(23,24)15-12-9-19-25-14(12)4-5-18-15/h2-5,8-9,20H,1,6-7H2. The SMILES string of the molecule is O=C(c1ccc(Cl)cc1NS(=O)(=O)c1nccc2sncc12)N1CCC1. The van der Waals surface area contributed by atoms with Crippen molar-refractivity contribution in [3.05, 3.63) is 47.2 Å². The molecule has 0 unspecified atom stereocenters. The summed E-state index contributed by atoms with van der Waals surface area (Å²) in [6.45, 7) is 1.32. The fraction of sp³-hybridized carbons (Fsp3) is 0.188. The van der Waals surface area contributed by atoms with Gasteiger partial charge in [0, 0.05) is 24.3 Å². The van der Waals surface area contributed by atoms with Crippen molar-refractivity contribution in [3.8, 4) is 0 Å². The van der Waals surface area contributed by atoms with Crippen LogP contribution in [0.15, 0.2) is 41.7 Å². The lowest BCUT2D eigenvalue weighted by molar-refractivity contribution is 0.0653. The molecule has 10 heteroatoms. The van der Waals surface area contributed by atoms with Crippen LogP contribution in [0.5, 0.6) is 0 Å². The lowest BCUT2D eigenvalue weighted by Gasteiger charge is -2.31. The summed E-state index contributed by atoms with van der Waals surface area (Å²) < 4.78 is 33.0. The fourth-order valence-corrected chi connectivity index (χ4v) is 4.74. The molecular formula is C16H13ClN4O3S2. The number of benzene rings is 1. The summed E-state index contributed by atoms with van der Waals surface area (Å²) in [7, 11) is -4.02. The molecule has 0 radical (unpaired) electrons. The quantitative estimate of drug-likeness (QED) is 0.716. The third kappa shape index (κ3) is 3.02. The number of pyridine rings is 1. The minimum atomic E-state index is -4.02. The van der Waals surface area contributed by atoms with Gasteiger partial charge >= 0.3 is 0 Å². The van der Waals surface area contributed by atoms with E-state index in [0.29, 0.717) is 28.2 Å². The number of hydrogen-bond donors (Lipinski definition) is 1. The lowest BCUT2D eigenvalue weighted by Crippen LogP contribution is -2.42. The van der Waals surface area contributed by atoms with Crippen LogP contribution < -0.4 is 4.72 Å². The van der Waals surface area contributed by atoms with Gasteiger partial charge in [-0.2, -0.15) is 12.8 Å². The van der Waals surface area contributed by atoms with Crippen molar-refractivity contribution < 1.29 is 13.2 Å². The molecule has 1 saturated heterocycles. The first-order valence-electron chi connectivity index (χ1n) is 7.77. The maximum atomic E-state index is 12.9. The van der Waals surface area contributed by atoms with E-state index in [1.165, 1.54) is 36.1 Å². The Balaban J connectivity index is 1.75. The molecule has 1 fully saturated rings. The zero-order chi connectivity index (χ0) is 18.3. The molecule has 3 aromatic rings. The fourth-order valence-electron chi connectivity index (χ4n) is 2.66. The van der Waals surface area contributed by atoms with Gasteiger partial charge in [0.2, 0.25) is 0 Å². The molecule has 1 aliphatic rings. The molecule has 0 saturated carbocycles. The third-order valence-corrected chi connectivity index (χ3v) is 6.42. The van der Waals surface area contributed by atoms with E-state index < -0.39 is 10.0 Å². The van der Waals surface area contributed by atoms with E-state index in [1.54, 1.807) is 17.0 Å². The Labute approximate surface area is 158 Å². The smallest absolute Gasteiger partial charge is 0.280 e. The van der Waals surface area contributed by atoms with E-state index in [4.69, 9.17) is 11.6 Å². The van der Waals surface area contributed by atoms with Gasteiger partial charge in [0.05, 0.1) is 27.5 Å². The molecule has 7 nitrogen and oxygen atoms in total. The van der Waals surface area contributed by atoms with Crippen molar-refractivity contribution in [2.24, 2.45) is 0 Å². The predicted molar refractivity (Wildman–Crippen MR) is 100 cm³/mol. The van der Waals surface area contributed by atoms with Crippen molar-refractivity contribution in [1.82, 2.24) is 14.3 Å². The number of sulfonamides is 1. The Morgan fingerprint density at radius 3 is 2.81 bits per heavy atom. The van der Waals surface area contributed by atoms with Gasteiger partial charge in [0.15, 0.2) is 5.03 Å². The zero-order valence-corrected chi connectivity index (χ0v) is 15.7. The number of nitrogens with one attached hydrogen (secondary N) is 1. The summed E-state index contributed by atoms with van der Waals surface area (Å²) in [4.78, 5) is 18.2. The Morgan fingerprint density at radius 2 is 2.08 bits per heavy atom. The number of nitrogens with zero attached hydrogens (tertiary/aromatic N) is 3. The highest BCUT2D eigenvalue weighted by molar-refractivity contribution is 7.92. The molecule has 134 valence electrons. The van der Waals surface area contributed by atoms with Gasteiger partial charge in [0.1, 0.15) is 0 Å². The van der Waals surface area contributed by atoms with E-state index in [0.717, 1.165) is 6.42 Å². The molecule has 4 rings (SSSR count). The molecule has 3 heterocycles. The van der Waals surface area contributed by atoms with Crippen LogP contribution in [0.3, 0.4) is 0 Å². The normalized spacial score (nSPS) is 14.3. The number of aromatic nitrogens is 2. The summed E-state index contributed by atoms with van der Waals surface area (Å²) in [6.07, 6.45) is 3.82. The van der Waals surface area contributed by atoms with Crippen molar-refractivity contribution >= 4 is 54.8 Å². The van der Waals surface area contributed by atoms with E-state index >= 15 is 0 Å². The summed E-state index contributed by atoms with van der Waals surface area (Å²) in [5.41, 5.74) is 0.393. The molecular weight excluding hydrogens is 396 g/mol. The Morgan fingerprint density at radius 1 is 1.27 bits per heavy atom. The number of carbonyl (C=O) groups excluding carboxylic acids is 1. The maximum absolute atomic E-state index is 12.9. The number of halogens is 1. The zero-order valence-electron chi connectivity index (χ0n) is 13.3. The van der Waals surface area contributed by atoms with Gasteiger partial charge in [-0.15, -0.1) is 0 Å². The highest BCUT2D eigenvalue weighted by Crippen LogP contribution is 2.29. The van der Waals surface area contributed by atoms with Crippen LogP contribution in [-0.4, -0.2) is 41.7 Å². The van der Waals surface area contributed by atoms with Crippen molar-refractivity contribution in [1.29, 1.82) is 0 Å². The van der Waals surface area contributed by atoms with E-state index in [-0.39, 0.29) is 22.2 Å². The second-order valence-corrected chi connectivity index (χ2v) is 8.66. The van der Waals surface area contributed by atoms with E-state index in [9.17, 15) is 13.2 Å². The molecule has 1 amide bonds. The highest BCUT2D eigenvalue weighted by Gasteiger charge is 2.27.